The largest absolute Gasteiger partial charge is 2.00 e. The first-order valence-electron chi connectivity index (χ1n) is 3.75. The summed E-state index contributed by atoms with van der Waals surface area (Å²) < 4.78 is 0. The quantitative estimate of drug-likeness (QED) is 0.339. The number of hydrogen-bond acceptors (Lipinski definition) is 2. The van der Waals surface area contributed by atoms with Crippen molar-refractivity contribution in [3.05, 3.63) is 6.92 Å². The van der Waals surface area contributed by atoms with Crippen LogP contribution in [0.15, 0.2) is 0 Å². The molecule has 0 saturated carbocycles. The van der Waals surface area contributed by atoms with Crippen LogP contribution in [-0.4, -0.2) is 10.8 Å². The zero-order chi connectivity index (χ0) is 9.98. The van der Waals surface area contributed by atoms with Crippen LogP contribution < -0.4 is 5.11 Å². The number of alkyl halides is 2. The molecule has 0 atom stereocenters. The molecule has 0 aromatic rings. The molecular weight excluding hydrogens is 258 g/mol. The van der Waals surface area contributed by atoms with Crippen LogP contribution in [0.1, 0.15) is 32.6 Å². The summed E-state index contributed by atoms with van der Waals surface area (Å²) in [4.78, 5) is 8.71. The summed E-state index contributed by atoms with van der Waals surface area (Å²) in [6, 6.07) is 0. The second-order valence-electron chi connectivity index (χ2n) is 2.23. The van der Waals surface area contributed by atoms with Gasteiger partial charge in [0.2, 0.25) is 0 Å². The van der Waals surface area contributed by atoms with Gasteiger partial charge in [-0.05, 0) is 13.3 Å². The van der Waals surface area contributed by atoms with E-state index in [0.717, 1.165) is 32.6 Å². The van der Waals surface area contributed by atoms with Crippen LogP contribution in [0.3, 0.4) is 0 Å². The predicted octanol–water partition coefficient (Wildman–Crippen LogP) is 1.94. The Morgan fingerprint density at radius 3 is 2.08 bits per heavy atom. The van der Waals surface area contributed by atoms with Crippen molar-refractivity contribution in [1.29, 1.82) is 0 Å². The van der Waals surface area contributed by atoms with Gasteiger partial charge in [0.15, 0.2) is 0 Å². The van der Waals surface area contributed by atoms with Gasteiger partial charge in [-0.1, -0.05) is 12.8 Å². The molecule has 5 heteroatoms. The maximum absolute atomic E-state index is 8.89. The first kappa shape index (κ1) is 19.2. The summed E-state index contributed by atoms with van der Waals surface area (Å²) in [6.07, 6.45) is 4.12. The summed E-state index contributed by atoms with van der Waals surface area (Å²) in [5.41, 5.74) is 0. The van der Waals surface area contributed by atoms with Crippen LogP contribution in [0.5, 0.6) is 0 Å². The summed E-state index contributed by atoms with van der Waals surface area (Å²) in [7, 11) is 0. The number of carbonyl (C=O) groups is 1. The van der Waals surface area contributed by atoms with Crippen molar-refractivity contribution >= 4 is 29.2 Å². The minimum absolute atomic E-state index is 0. The molecule has 0 radical (unpaired) electrons. The molecule has 0 spiro atoms. The van der Waals surface area contributed by atoms with E-state index < -0.39 is 5.97 Å². The smallest absolute Gasteiger partial charge is 0.550 e. The van der Waals surface area contributed by atoms with Crippen molar-refractivity contribution < 1.29 is 26.4 Å². The molecule has 0 aliphatic heterocycles. The number of unbranched alkanes of at least 4 members (excludes halogenated alkanes) is 2. The number of halogens is 2. The van der Waals surface area contributed by atoms with E-state index in [9.17, 15) is 0 Å². The molecule has 0 bridgehead atoms. The van der Waals surface area contributed by atoms with Crippen molar-refractivity contribution in [3.8, 4) is 0 Å². The van der Waals surface area contributed by atoms with Crippen LogP contribution in [0, 0.1) is 6.92 Å². The Morgan fingerprint density at radius 1 is 1.46 bits per heavy atom. The van der Waals surface area contributed by atoms with Gasteiger partial charge in [-0.25, -0.2) is 0 Å². The second-order valence-corrected chi connectivity index (χ2v) is 3.51. The molecule has 13 heavy (non-hydrogen) atoms. The van der Waals surface area contributed by atoms with Gasteiger partial charge in [0.1, 0.15) is 4.84 Å². The molecule has 0 unspecified atom stereocenters. The number of hydrogen-bond donors (Lipinski definition) is 0. The molecule has 0 heterocycles. The van der Waals surface area contributed by atoms with Gasteiger partial charge in [0.05, 0.1) is 0 Å². The number of carboxylic acids is 1. The third-order valence-corrected chi connectivity index (χ3v) is 1.36. The fourth-order valence-corrected chi connectivity index (χ4v) is 0.784. The standard InChI is InChI=1S/C6H11Cl2.C2H4O2.Ni/c1-2-3-4-5-6(7)8;1-2(3)4;/h6H,1-5H2;1H3,(H,3,4);/q-1;;+2/p-1. The average molecular weight is 272 g/mol. The van der Waals surface area contributed by atoms with E-state index in [1.165, 1.54) is 0 Å². The van der Waals surface area contributed by atoms with Crippen molar-refractivity contribution in [1.82, 2.24) is 0 Å². The number of carbonyl (C=O) groups excluding carboxylic acids is 1. The normalized spacial score (nSPS) is 8.38. The molecule has 82 valence electrons. The zero-order valence-corrected chi connectivity index (χ0v) is 10.0. The summed E-state index contributed by atoms with van der Waals surface area (Å²) in [6.45, 7) is 4.67. The van der Waals surface area contributed by atoms with Crippen molar-refractivity contribution in [2.24, 2.45) is 0 Å². The zero-order valence-electron chi connectivity index (χ0n) is 7.50. The van der Waals surface area contributed by atoms with E-state index in [1.54, 1.807) is 0 Å². The Labute approximate surface area is 99.9 Å². The second kappa shape index (κ2) is 15.0. The Balaban J connectivity index is -0.000000173. The number of carboxylic acid groups (broad SMARTS) is 1. The maximum atomic E-state index is 8.89. The van der Waals surface area contributed by atoms with Crippen LogP contribution in [0.4, 0.5) is 0 Å². The van der Waals surface area contributed by atoms with E-state index in [-0.39, 0.29) is 21.3 Å². The van der Waals surface area contributed by atoms with Gasteiger partial charge in [0, 0.05) is 5.97 Å². The van der Waals surface area contributed by atoms with Gasteiger partial charge < -0.3 is 16.8 Å². The minimum Gasteiger partial charge on any atom is -0.550 e. The Bertz CT molecular complexity index is 106. The Hall–Kier alpha value is 0.544. The molecular formula is C8H14Cl2NiO2. The number of rotatable bonds is 4. The molecule has 2 nitrogen and oxygen atoms in total. The van der Waals surface area contributed by atoms with Gasteiger partial charge in [0.25, 0.3) is 0 Å². The molecule has 0 N–H and O–H groups in total. The van der Waals surface area contributed by atoms with Crippen LogP contribution in [0.25, 0.3) is 0 Å². The Morgan fingerprint density at radius 2 is 1.85 bits per heavy atom. The molecule has 0 aromatic heterocycles. The summed E-state index contributed by atoms with van der Waals surface area (Å²) in [5, 5.41) is 8.89. The van der Waals surface area contributed by atoms with E-state index in [0.29, 0.717) is 0 Å². The summed E-state index contributed by atoms with van der Waals surface area (Å²) in [5.74, 6) is -1.08. The molecule has 0 aliphatic carbocycles. The Kier molecular flexibility index (Phi) is 22.2. The first-order valence-corrected chi connectivity index (χ1v) is 4.63. The minimum atomic E-state index is -1.08. The van der Waals surface area contributed by atoms with E-state index >= 15 is 0 Å². The topological polar surface area (TPSA) is 40.1 Å². The fraction of sp³-hybridized carbons (Fsp3) is 0.750. The maximum Gasteiger partial charge on any atom is 2.00 e. The van der Waals surface area contributed by atoms with Crippen molar-refractivity contribution in [2.45, 2.75) is 37.4 Å². The van der Waals surface area contributed by atoms with Crippen LogP contribution in [-0.2, 0) is 21.3 Å². The predicted molar refractivity (Wildman–Crippen MR) is 50.0 cm³/mol. The van der Waals surface area contributed by atoms with Gasteiger partial charge in [-0.2, -0.15) is 6.42 Å². The summed E-state index contributed by atoms with van der Waals surface area (Å²) >= 11 is 10.9. The average Bonchev–Trinajstić information content (AvgIpc) is 1.86. The monoisotopic (exact) mass is 270 g/mol. The molecule has 0 rings (SSSR count). The van der Waals surface area contributed by atoms with E-state index in [4.69, 9.17) is 33.1 Å². The van der Waals surface area contributed by atoms with E-state index in [2.05, 4.69) is 6.92 Å². The SMILES string of the molecule is CC(=O)[O-].[CH2-]CCCCC(Cl)Cl.[Ni+2]. The molecule has 0 aliphatic rings. The van der Waals surface area contributed by atoms with Gasteiger partial charge >= 0.3 is 16.5 Å². The van der Waals surface area contributed by atoms with Gasteiger partial charge in [-0.15, -0.1) is 23.2 Å². The third-order valence-electron chi connectivity index (χ3n) is 0.922. The number of aliphatic carboxylic acids is 1. The van der Waals surface area contributed by atoms with Crippen LogP contribution >= 0.6 is 23.2 Å². The van der Waals surface area contributed by atoms with Crippen molar-refractivity contribution in [3.63, 3.8) is 0 Å². The molecule has 0 saturated heterocycles. The molecule has 0 amide bonds. The first-order chi connectivity index (χ1) is 5.50. The van der Waals surface area contributed by atoms with E-state index in [1.807, 2.05) is 0 Å². The third kappa shape index (κ3) is 45.4. The van der Waals surface area contributed by atoms with Crippen LogP contribution in [0.2, 0.25) is 0 Å². The van der Waals surface area contributed by atoms with Gasteiger partial charge in [-0.3, -0.25) is 0 Å². The fourth-order valence-electron chi connectivity index (χ4n) is 0.475. The molecule has 0 fully saturated rings. The van der Waals surface area contributed by atoms with Crippen molar-refractivity contribution in [2.75, 3.05) is 0 Å². The molecule has 0 aromatic carbocycles.